The van der Waals surface area contributed by atoms with Crippen LogP contribution in [0.15, 0.2) is 72.8 Å². The number of carbonyl (C=O) groups is 2. The molecule has 0 aliphatic rings. The van der Waals surface area contributed by atoms with Gasteiger partial charge in [-0.1, -0.05) is 66.7 Å². The summed E-state index contributed by atoms with van der Waals surface area (Å²) >= 11 is 0. The van der Waals surface area contributed by atoms with Crippen LogP contribution in [0.2, 0.25) is 0 Å². The Kier molecular flexibility index (Phi) is 8.47. The van der Waals surface area contributed by atoms with Gasteiger partial charge in [-0.05, 0) is 29.9 Å². The molecule has 0 aliphatic carbocycles. The minimum atomic E-state index is -0.0866. The van der Waals surface area contributed by atoms with Gasteiger partial charge in [0.15, 0.2) is 0 Å². The minimum absolute atomic E-state index is 0.0255. The zero-order valence-corrected chi connectivity index (χ0v) is 18.0. The van der Waals surface area contributed by atoms with E-state index >= 15 is 0 Å². The van der Waals surface area contributed by atoms with Crippen molar-refractivity contribution < 1.29 is 14.3 Å². The second kappa shape index (κ2) is 11.7. The van der Waals surface area contributed by atoms with Gasteiger partial charge in [0.1, 0.15) is 5.75 Å². The molecule has 5 nitrogen and oxygen atoms in total. The summed E-state index contributed by atoms with van der Waals surface area (Å²) in [7, 11) is 1.77. The zero-order chi connectivity index (χ0) is 21.9. The third-order valence-electron chi connectivity index (χ3n) is 5.15. The number of rotatable bonds is 11. The van der Waals surface area contributed by atoms with Gasteiger partial charge < -0.3 is 15.0 Å². The lowest BCUT2D eigenvalue weighted by molar-refractivity contribution is -0.133. The normalized spacial score (nSPS) is 10.6. The largest absolute Gasteiger partial charge is 0.493 e. The van der Waals surface area contributed by atoms with E-state index in [9.17, 15) is 9.59 Å². The Bertz CT molecular complexity index is 983. The Hall–Kier alpha value is -3.34. The van der Waals surface area contributed by atoms with E-state index < -0.39 is 0 Å². The van der Waals surface area contributed by atoms with Crippen molar-refractivity contribution in [3.63, 3.8) is 0 Å². The first-order valence-corrected chi connectivity index (χ1v) is 10.8. The number of fused-ring (bicyclic) bond motifs is 1. The quantitative estimate of drug-likeness (QED) is 0.465. The topological polar surface area (TPSA) is 58.6 Å². The van der Waals surface area contributed by atoms with Crippen LogP contribution in [0.1, 0.15) is 31.2 Å². The Morgan fingerprint density at radius 2 is 1.61 bits per heavy atom. The Morgan fingerprint density at radius 1 is 0.871 bits per heavy atom. The van der Waals surface area contributed by atoms with Gasteiger partial charge in [0.2, 0.25) is 11.8 Å². The van der Waals surface area contributed by atoms with E-state index in [-0.39, 0.29) is 24.7 Å². The molecule has 0 radical (unpaired) electrons. The molecule has 3 rings (SSSR count). The Morgan fingerprint density at radius 3 is 2.45 bits per heavy atom. The number of hydrogen-bond donors (Lipinski definition) is 1. The van der Waals surface area contributed by atoms with E-state index in [2.05, 4.69) is 23.5 Å². The first-order valence-electron chi connectivity index (χ1n) is 10.8. The highest BCUT2D eigenvalue weighted by Crippen LogP contribution is 2.25. The molecule has 3 aromatic carbocycles. The molecule has 2 amide bonds. The number of hydrogen-bond acceptors (Lipinski definition) is 3. The van der Waals surface area contributed by atoms with E-state index in [1.807, 2.05) is 54.6 Å². The van der Waals surface area contributed by atoms with Crippen LogP contribution in [-0.4, -0.2) is 36.9 Å². The predicted molar refractivity (Wildman–Crippen MR) is 124 cm³/mol. The van der Waals surface area contributed by atoms with Crippen molar-refractivity contribution >= 4 is 22.6 Å². The van der Waals surface area contributed by atoms with Gasteiger partial charge in [0.25, 0.3) is 0 Å². The van der Waals surface area contributed by atoms with Crippen LogP contribution in [-0.2, 0) is 16.1 Å². The average Bonchev–Trinajstić information content (AvgIpc) is 2.80. The number of ether oxygens (including phenoxy) is 1. The Balaban J connectivity index is 1.27. The second-order valence-corrected chi connectivity index (χ2v) is 7.62. The summed E-state index contributed by atoms with van der Waals surface area (Å²) in [5.41, 5.74) is 1.08. The smallest absolute Gasteiger partial charge is 0.223 e. The van der Waals surface area contributed by atoms with Gasteiger partial charge >= 0.3 is 0 Å². The number of unbranched alkanes of at least 4 members (excludes halogenated alkanes) is 1. The predicted octanol–water partition coefficient (Wildman–Crippen LogP) is 4.55. The van der Waals surface area contributed by atoms with Gasteiger partial charge in [0.05, 0.1) is 6.61 Å². The van der Waals surface area contributed by atoms with Crippen molar-refractivity contribution in [2.45, 2.75) is 32.2 Å². The zero-order valence-electron chi connectivity index (χ0n) is 18.0. The molecule has 0 spiro atoms. The van der Waals surface area contributed by atoms with E-state index in [1.54, 1.807) is 11.9 Å². The summed E-state index contributed by atoms with van der Waals surface area (Å²) in [6.45, 7) is 1.75. The maximum absolute atomic E-state index is 12.2. The maximum atomic E-state index is 12.2. The lowest BCUT2D eigenvalue weighted by atomic mass is 10.1. The summed E-state index contributed by atoms with van der Waals surface area (Å²) in [6.07, 6.45) is 2.12. The number of nitrogens with zero attached hydrogens (tertiary/aromatic N) is 1. The number of benzene rings is 3. The first kappa shape index (κ1) is 22.3. The van der Waals surface area contributed by atoms with Crippen LogP contribution < -0.4 is 10.1 Å². The fourth-order valence-electron chi connectivity index (χ4n) is 3.40. The summed E-state index contributed by atoms with van der Waals surface area (Å²) < 4.78 is 5.92. The second-order valence-electron chi connectivity index (χ2n) is 7.62. The molecule has 0 atom stereocenters. The van der Waals surface area contributed by atoms with Crippen LogP contribution in [0, 0.1) is 0 Å². The summed E-state index contributed by atoms with van der Waals surface area (Å²) in [6, 6.07) is 24.0. The van der Waals surface area contributed by atoms with Crippen LogP contribution >= 0.6 is 0 Å². The van der Waals surface area contributed by atoms with Crippen molar-refractivity contribution in [3.05, 3.63) is 78.4 Å². The lowest BCUT2D eigenvalue weighted by Gasteiger charge is -2.17. The highest BCUT2D eigenvalue weighted by molar-refractivity contribution is 5.88. The van der Waals surface area contributed by atoms with Crippen molar-refractivity contribution in [1.82, 2.24) is 10.2 Å². The SMILES string of the molecule is CN(Cc1ccccc1)C(=O)CCC(=O)NCCCCOc1cccc2ccccc12. The molecule has 0 aliphatic heterocycles. The fourth-order valence-corrected chi connectivity index (χ4v) is 3.40. The average molecular weight is 419 g/mol. The molecule has 0 heterocycles. The number of carbonyl (C=O) groups excluding carboxylic acids is 2. The molecular weight excluding hydrogens is 388 g/mol. The molecule has 3 aromatic rings. The molecule has 31 heavy (non-hydrogen) atoms. The third kappa shape index (κ3) is 7.14. The Labute approximate surface area is 184 Å². The monoisotopic (exact) mass is 418 g/mol. The van der Waals surface area contributed by atoms with E-state index in [0.29, 0.717) is 19.7 Å². The van der Waals surface area contributed by atoms with Crippen molar-refractivity contribution in [3.8, 4) is 5.75 Å². The van der Waals surface area contributed by atoms with E-state index in [0.717, 1.165) is 34.9 Å². The highest BCUT2D eigenvalue weighted by atomic mass is 16.5. The highest BCUT2D eigenvalue weighted by Gasteiger charge is 2.11. The van der Waals surface area contributed by atoms with Gasteiger partial charge in [-0.25, -0.2) is 0 Å². The summed E-state index contributed by atoms with van der Waals surface area (Å²) in [5.74, 6) is 0.777. The molecule has 5 heteroatoms. The van der Waals surface area contributed by atoms with Gasteiger partial charge in [-0.15, -0.1) is 0 Å². The maximum Gasteiger partial charge on any atom is 0.223 e. The van der Waals surface area contributed by atoms with Crippen LogP contribution in [0.3, 0.4) is 0 Å². The van der Waals surface area contributed by atoms with Gasteiger partial charge in [0, 0.05) is 38.4 Å². The first-order chi connectivity index (χ1) is 15.1. The molecule has 0 unspecified atom stereocenters. The van der Waals surface area contributed by atoms with Crippen LogP contribution in [0.25, 0.3) is 10.8 Å². The molecule has 0 saturated heterocycles. The minimum Gasteiger partial charge on any atom is -0.493 e. The molecule has 0 aromatic heterocycles. The molecule has 0 bridgehead atoms. The van der Waals surface area contributed by atoms with Gasteiger partial charge in [-0.2, -0.15) is 0 Å². The summed E-state index contributed by atoms with van der Waals surface area (Å²) in [5, 5.41) is 5.16. The van der Waals surface area contributed by atoms with Crippen LogP contribution in [0.5, 0.6) is 5.75 Å². The fraction of sp³-hybridized carbons (Fsp3) is 0.308. The molecule has 1 N–H and O–H groups in total. The van der Waals surface area contributed by atoms with Crippen molar-refractivity contribution in [2.24, 2.45) is 0 Å². The van der Waals surface area contributed by atoms with Crippen LogP contribution in [0.4, 0.5) is 0 Å². The molecular formula is C26H30N2O3. The van der Waals surface area contributed by atoms with Crippen molar-refractivity contribution in [2.75, 3.05) is 20.2 Å². The number of nitrogens with one attached hydrogen (secondary N) is 1. The van der Waals surface area contributed by atoms with E-state index in [4.69, 9.17) is 4.74 Å². The van der Waals surface area contributed by atoms with E-state index in [1.165, 1.54) is 0 Å². The third-order valence-corrected chi connectivity index (χ3v) is 5.15. The molecule has 0 fully saturated rings. The number of amides is 2. The van der Waals surface area contributed by atoms with Crippen molar-refractivity contribution in [1.29, 1.82) is 0 Å². The lowest BCUT2D eigenvalue weighted by Crippen LogP contribution is -2.29. The standard InChI is InChI=1S/C26H30N2O3/c1-28(20-21-10-3-2-4-11-21)26(30)17-16-25(29)27-18-7-8-19-31-24-15-9-13-22-12-5-6-14-23(22)24/h2-6,9-15H,7-8,16-20H2,1H3,(H,27,29). The van der Waals surface area contributed by atoms with Gasteiger partial charge in [-0.3, -0.25) is 9.59 Å². The molecule has 0 saturated carbocycles. The molecule has 162 valence electrons. The summed E-state index contributed by atoms with van der Waals surface area (Å²) in [4.78, 5) is 25.9.